The Hall–Kier alpha value is -2.87. The predicted molar refractivity (Wildman–Crippen MR) is 98.9 cm³/mol. The zero-order valence-electron chi connectivity index (χ0n) is 12.3. The van der Waals surface area contributed by atoms with Gasteiger partial charge in [0.05, 0.1) is 11.4 Å². The summed E-state index contributed by atoms with van der Waals surface area (Å²) in [4.78, 5) is 0. The number of hydrogen-bond acceptors (Lipinski definition) is 4. The van der Waals surface area contributed by atoms with E-state index in [2.05, 4.69) is 40.6 Å². The fourth-order valence-corrected chi connectivity index (χ4v) is 1.37. The van der Waals surface area contributed by atoms with Gasteiger partial charge in [0.15, 0.2) is 5.17 Å². The molecule has 0 unspecified atom stereocenters. The lowest BCUT2D eigenvalue weighted by atomic mass is 10.1. The molecule has 1 aromatic rings. The van der Waals surface area contributed by atoms with E-state index < -0.39 is 0 Å². The molecule has 0 amide bonds. The zero-order valence-corrected chi connectivity index (χ0v) is 13.2. The van der Waals surface area contributed by atoms with Crippen LogP contribution >= 0.6 is 12.6 Å². The van der Waals surface area contributed by atoms with Crippen molar-refractivity contribution < 1.29 is 0 Å². The first-order chi connectivity index (χ1) is 11.0. The van der Waals surface area contributed by atoms with Crippen LogP contribution in [0.5, 0.6) is 0 Å². The molecule has 23 heavy (non-hydrogen) atoms. The number of thiol groups is 1. The van der Waals surface area contributed by atoms with Gasteiger partial charge in [-0.3, -0.25) is 16.2 Å². The minimum absolute atomic E-state index is 0.0352. The van der Waals surface area contributed by atoms with Gasteiger partial charge in [-0.1, -0.05) is 30.3 Å². The zero-order chi connectivity index (χ0) is 17.1. The SMILES string of the molecule is N=C(N)NN=C1C=CC(=NNC(=N)S)C=C1.[CH2]c1ccccc1. The average molecular weight is 328 g/mol. The number of nitrogens with zero attached hydrogens (tertiary/aromatic N) is 2. The Balaban J connectivity index is 0.000000313. The molecule has 1 aromatic carbocycles. The third kappa shape index (κ3) is 8.89. The third-order valence-electron chi connectivity index (χ3n) is 2.29. The molecule has 2 rings (SSSR count). The number of amidine groups is 1. The Morgan fingerprint density at radius 2 is 1.43 bits per heavy atom. The molecule has 1 aliphatic carbocycles. The van der Waals surface area contributed by atoms with Crippen molar-refractivity contribution in [1.82, 2.24) is 10.9 Å². The first-order valence-electron chi connectivity index (χ1n) is 6.49. The molecule has 0 aromatic heterocycles. The smallest absolute Gasteiger partial charge is 0.206 e. The molecule has 0 aliphatic heterocycles. The molecule has 0 saturated heterocycles. The standard InChI is InChI=1S/C8H11N7S.C7H7/c9-7(10)14-12-5-1-3-6(4-2-5)13-15-8(11)16;1-7-5-3-2-4-6-7/h1-4H,(H4,9,10,14)(H3,11,15,16);2-6H,1H2. The van der Waals surface area contributed by atoms with E-state index in [1.54, 1.807) is 24.3 Å². The van der Waals surface area contributed by atoms with Crippen LogP contribution in [0.1, 0.15) is 5.56 Å². The molecule has 8 heteroatoms. The average Bonchev–Trinajstić information content (AvgIpc) is 2.53. The number of guanidine groups is 1. The molecule has 7 nitrogen and oxygen atoms in total. The maximum absolute atomic E-state index is 6.99. The van der Waals surface area contributed by atoms with Crippen molar-refractivity contribution in [3.8, 4) is 0 Å². The lowest BCUT2D eigenvalue weighted by Gasteiger charge is -2.03. The molecule has 119 valence electrons. The second kappa shape index (κ2) is 9.96. The van der Waals surface area contributed by atoms with Crippen molar-refractivity contribution >= 4 is 35.2 Å². The number of hydrazone groups is 2. The van der Waals surface area contributed by atoms with Crippen LogP contribution < -0.4 is 16.6 Å². The van der Waals surface area contributed by atoms with Gasteiger partial charge < -0.3 is 5.73 Å². The highest BCUT2D eigenvalue weighted by Crippen LogP contribution is 1.96. The van der Waals surface area contributed by atoms with Gasteiger partial charge in [-0.15, -0.1) is 12.6 Å². The molecule has 0 atom stereocenters. The summed E-state index contributed by atoms with van der Waals surface area (Å²) in [5, 5.41) is 21.6. The number of benzene rings is 1. The van der Waals surface area contributed by atoms with Crippen LogP contribution in [-0.2, 0) is 0 Å². The molecular weight excluding hydrogens is 310 g/mol. The van der Waals surface area contributed by atoms with Crippen molar-refractivity contribution in [3.63, 3.8) is 0 Å². The van der Waals surface area contributed by atoms with Crippen LogP contribution in [0, 0.1) is 17.7 Å². The van der Waals surface area contributed by atoms with E-state index >= 15 is 0 Å². The van der Waals surface area contributed by atoms with Gasteiger partial charge in [0.1, 0.15) is 0 Å². The largest absolute Gasteiger partial charge is 0.369 e. The number of nitrogens with two attached hydrogens (primary N) is 1. The summed E-state index contributed by atoms with van der Waals surface area (Å²) in [5.41, 5.74) is 12.1. The summed E-state index contributed by atoms with van der Waals surface area (Å²) in [6.45, 7) is 3.72. The quantitative estimate of drug-likeness (QED) is 0.163. The summed E-state index contributed by atoms with van der Waals surface area (Å²) < 4.78 is 0. The van der Waals surface area contributed by atoms with Crippen LogP contribution in [0.4, 0.5) is 0 Å². The highest BCUT2D eigenvalue weighted by molar-refractivity contribution is 7.96. The first-order valence-corrected chi connectivity index (χ1v) is 6.94. The Labute approximate surface area is 140 Å². The second-order valence-corrected chi connectivity index (χ2v) is 4.66. The fourth-order valence-electron chi connectivity index (χ4n) is 1.32. The van der Waals surface area contributed by atoms with Crippen molar-refractivity contribution in [2.45, 2.75) is 0 Å². The summed E-state index contributed by atoms with van der Waals surface area (Å²) in [5.74, 6) is -0.223. The van der Waals surface area contributed by atoms with E-state index in [0.717, 1.165) is 5.56 Å². The first kappa shape index (κ1) is 18.2. The number of rotatable bonds is 2. The van der Waals surface area contributed by atoms with Gasteiger partial charge in [-0.05, 0) is 36.8 Å². The Morgan fingerprint density at radius 1 is 0.957 bits per heavy atom. The van der Waals surface area contributed by atoms with Crippen LogP contribution in [0.25, 0.3) is 0 Å². The predicted octanol–water partition coefficient (Wildman–Crippen LogP) is 1.63. The summed E-state index contributed by atoms with van der Waals surface area (Å²) >= 11 is 3.72. The highest BCUT2D eigenvalue weighted by Gasteiger charge is 1.99. The number of hydrogen-bond donors (Lipinski definition) is 6. The molecule has 0 bridgehead atoms. The van der Waals surface area contributed by atoms with Gasteiger partial charge in [-0.2, -0.15) is 10.2 Å². The van der Waals surface area contributed by atoms with Gasteiger partial charge >= 0.3 is 0 Å². The van der Waals surface area contributed by atoms with E-state index in [4.69, 9.17) is 16.6 Å². The maximum Gasteiger partial charge on any atom is 0.206 e. The number of allylic oxidation sites excluding steroid dienone is 4. The van der Waals surface area contributed by atoms with Crippen molar-refractivity contribution in [2.75, 3.05) is 0 Å². The minimum atomic E-state index is -0.223. The van der Waals surface area contributed by atoms with Gasteiger partial charge in [-0.25, -0.2) is 5.43 Å². The van der Waals surface area contributed by atoms with E-state index in [1.807, 2.05) is 30.3 Å². The van der Waals surface area contributed by atoms with Crippen molar-refractivity contribution in [2.24, 2.45) is 15.9 Å². The lowest BCUT2D eigenvalue weighted by Crippen LogP contribution is -2.26. The topological polar surface area (TPSA) is 122 Å². The molecule has 0 saturated carbocycles. The second-order valence-electron chi connectivity index (χ2n) is 4.21. The Morgan fingerprint density at radius 3 is 1.78 bits per heavy atom. The lowest BCUT2D eigenvalue weighted by molar-refractivity contribution is 0.997. The van der Waals surface area contributed by atoms with Crippen molar-refractivity contribution in [3.05, 3.63) is 67.1 Å². The van der Waals surface area contributed by atoms with Crippen LogP contribution in [-0.4, -0.2) is 22.6 Å². The van der Waals surface area contributed by atoms with Crippen LogP contribution in [0.2, 0.25) is 0 Å². The number of nitrogens with one attached hydrogen (secondary N) is 4. The highest BCUT2D eigenvalue weighted by atomic mass is 32.1. The van der Waals surface area contributed by atoms with E-state index in [1.165, 1.54) is 0 Å². The Bertz CT molecular complexity index is 604. The summed E-state index contributed by atoms with van der Waals surface area (Å²) in [6, 6.07) is 9.87. The van der Waals surface area contributed by atoms with E-state index in [0.29, 0.717) is 11.4 Å². The third-order valence-corrected chi connectivity index (χ3v) is 2.39. The van der Waals surface area contributed by atoms with Gasteiger partial charge in [0.2, 0.25) is 5.96 Å². The Kier molecular flexibility index (Phi) is 7.87. The molecular formula is C15H18N7S. The molecule has 0 heterocycles. The fraction of sp³-hybridized carbons (Fsp3) is 0. The molecule has 1 aliphatic rings. The molecule has 0 spiro atoms. The van der Waals surface area contributed by atoms with Gasteiger partial charge in [0, 0.05) is 0 Å². The van der Waals surface area contributed by atoms with E-state index in [9.17, 15) is 0 Å². The normalized spacial score (nSPS) is 11.9. The van der Waals surface area contributed by atoms with E-state index in [-0.39, 0.29) is 11.1 Å². The minimum Gasteiger partial charge on any atom is -0.369 e. The summed E-state index contributed by atoms with van der Waals surface area (Å²) in [6.07, 6.45) is 6.78. The molecule has 1 radical (unpaired) electrons. The van der Waals surface area contributed by atoms with Gasteiger partial charge in [0.25, 0.3) is 0 Å². The monoisotopic (exact) mass is 328 g/mol. The van der Waals surface area contributed by atoms with Crippen molar-refractivity contribution in [1.29, 1.82) is 10.8 Å². The molecule has 0 fully saturated rings. The van der Waals surface area contributed by atoms with Crippen LogP contribution in [0.15, 0.2) is 64.8 Å². The maximum atomic E-state index is 6.99. The van der Waals surface area contributed by atoms with Crippen LogP contribution in [0.3, 0.4) is 0 Å². The summed E-state index contributed by atoms with van der Waals surface area (Å²) in [7, 11) is 0. The molecule has 6 N–H and O–H groups in total.